The number of hydrogen-bond donors (Lipinski definition) is 0. The summed E-state index contributed by atoms with van der Waals surface area (Å²) < 4.78 is 5.31. The van der Waals surface area contributed by atoms with E-state index in [0.717, 1.165) is 16.7 Å². The van der Waals surface area contributed by atoms with Crippen LogP contribution >= 0.6 is 11.6 Å². The second kappa shape index (κ2) is 5.10. The molecule has 0 saturated carbocycles. The Bertz CT molecular complexity index is 747. The highest BCUT2D eigenvalue weighted by atomic mass is 35.5. The molecule has 20 heavy (non-hydrogen) atoms. The van der Waals surface area contributed by atoms with Crippen LogP contribution in [-0.4, -0.2) is 10.1 Å². The van der Waals surface area contributed by atoms with Crippen LogP contribution < -0.4 is 0 Å². The third kappa shape index (κ3) is 2.45. The van der Waals surface area contributed by atoms with Crippen LogP contribution in [-0.2, 0) is 0 Å². The van der Waals surface area contributed by atoms with Crippen LogP contribution in [0.4, 0.5) is 0 Å². The van der Waals surface area contributed by atoms with Crippen LogP contribution in [0, 0.1) is 13.8 Å². The van der Waals surface area contributed by atoms with Gasteiger partial charge in [0.05, 0.1) is 0 Å². The number of aromatic nitrogens is 2. The predicted molar refractivity (Wildman–Crippen MR) is 79.7 cm³/mol. The molecule has 4 heteroatoms. The third-order valence-corrected chi connectivity index (χ3v) is 3.56. The smallest absolute Gasteiger partial charge is 0.258 e. The Balaban J connectivity index is 1.97. The Hall–Kier alpha value is -2.13. The summed E-state index contributed by atoms with van der Waals surface area (Å²) in [6.07, 6.45) is 0. The summed E-state index contributed by atoms with van der Waals surface area (Å²) in [7, 11) is 0. The minimum atomic E-state index is 0.475. The van der Waals surface area contributed by atoms with Crippen molar-refractivity contribution in [3.05, 3.63) is 58.6 Å². The zero-order valence-electron chi connectivity index (χ0n) is 11.2. The van der Waals surface area contributed by atoms with E-state index in [0.29, 0.717) is 16.7 Å². The monoisotopic (exact) mass is 284 g/mol. The van der Waals surface area contributed by atoms with Gasteiger partial charge in [-0.3, -0.25) is 0 Å². The van der Waals surface area contributed by atoms with E-state index in [1.807, 2.05) is 56.3 Å². The van der Waals surface area contributed by atoms with E-state index in [4.69, 9.17) is 16.1 Å². The van der Waals surface area contributed by atoms with Crippen LogP contribution in [0.3, 0.4) is 0 Å². The van der Waals surface area contributed by atoms with Crippen LogP contribution in [0.1, 0.15) is 11.1 Å². The van der Waals surface area contributed by atoms with Gasteiger partial charge in [-0.15, -0.1) is 0 Å². The second-order valence-corrected chi connectivity index (χ2v) is 5.16. The molecule has 100 valence electrons. The number of aryl methyl sites for hydroxylation is 2. The summed E-state index contributed by atoms with van der Waals surface area (Å²) in [6.45, 7) is 4.00. The van der Waals surface area contributed by atoms with Gasteiger partial charge in [0.15, 0.2) is 0 Å². The molecule has 0 aliphatic rings. The summed E-state index contributed by atoms with van der Waals surface area (Å²) in [6, 6.07) is 13.7. The van der Waals surface area contributed by atoms with Gasteiger partial charge in [0, 0.05) is 16.1 Å². The highest BCUT2D eigenvalue weighted by Crippen LogP contribution is 2.26. The van der Waals surface area contributed by atoms with Gasteiger partial charge < -0.3 is 4.52 Å². The van der Waals surface area contributed by atoms with E-state index in [1.165, 1.54) is 5.56 Å². The van der Waals surface area contributed by atoms with Crippen molar-refractivity contribution in [2.45, 2.75) is 13.8 Å². The second-order valence-electron chi connectivity index (χ2n) is 4.75. The lowest BCUT2D eigenvalue weighted by Gasteiger charge is -1.98. The van der Waals surface area contributed by atoms with E-state index in [2.05, 4.69) is 10.1 Å². The van der Waals surface area contributed by atoms with Gasteiger partial charge in [-0.05, 0) is 31.5 Å². The molecule has 0 radical (unpaired) electrons. The Morgan fingerprint density at radius 2 is 1.65 bits per heavy atom. The lowest BCUT2D eigenvalue weighted by Crippen LogP contribution is -1.83. The standard InChI is InChI=1S/C16H13ClN2O/c1-10-3-6-12(7-4-10)15-18-16(20-19-15)13-8-5-11(2)14(17)9-13/h3-9H,1-2H3. The minimum absolute atomic E-state index is 0.475. The number of nitrogens with zero attached hydrogens (tertiary/aromatic N) is 2. The maximum atomic E-state index is 6.12. The lowest BCUT2D eigenvalue weighted by molar-refractivity contribution is 0.432. The first-order valence-electron chi connectivity index (χ1n) is 6.31. The molecule has 0 saturated heterocycles. The van der Waals surface area contributed by atoms with Gasteiger partial charge in [-0.25, -0.2) is 0 Å². The molecule has 0 amide bonds. The van der Waals surface area contributed by atoms with Gasteiger partial charge in [0.25, 0.3) is 5.89 Å². The molecule has 0 aliphatic heterocycles. The largest absolute Gasteiger partial charge is 0.334 e. The summed E-state index contributed by atoms with van der Waals surface area (Å²) in [4.78, 5) is 4.41. The molecule has 1 aromatic heterocycles. The maximum absolute atomic E-state index is 6.12. The van der Waals surface area contributed by atoms with Gasteiger partial charge in [-0.2, -0.15) is 4.98 Å². The van der Waals surface area contributed by atoms with Crippen LogP contribution in [0.5, 0.6) is 0 Å². The number of benzene rings is 2. The first kappa shape index (κ1) is 12.9. The van der Waals surface area contributed by atoms with Crippen LogP contribution in [0.2, 0.25) is 5.02 Å². The van der Waals surface area contributed by atoms with Crippen molar-refractivity contribution >= 4 is 11.6 Å². The van der Waals surface area contributed by atoms with Crippen molar-refractivity contribution in [2.75, 3.05) is 0 Å². The third-order valence-electron chi connectivity index (χ3n) is 3.15. The average Bonchev–Trinajstić information content (AvgIpc) is 2.92. The first-order valence-corrected chi connectivity index (χ1v) is 6.68. The topological polar surface area (TPSA) is 38.9 Å². The summed E-state index contributed by atoms with van der Waals surface area (Å²) >= 11 is 6.12. The fourth-order valence-electron chi connectivity index (χ4n) is 1.89. The fraction of sp³-hybridized carbons (Fsp3) is 0.125. The van der Waals surface area contributed by atoms with Crippen LogP contribution in [0.15, 0.2) is 47.0 Å². The van der Waals surface area contributed by atoms with Crippen molar-refractivity contribution in [1.29, 1.82) is 0 Å². The molecule has 2 aromatic carbocycles. The highest BCUT2D eigenvalue weighted by Gasteiger charge is 2.11. The molecule has 3 nitrogen and oxygen atoms in total. The van der Waals surface area contributed by atoms with E-state index >= 15 is 0 Å². The molecule has 3 aromatic rings. The normalized spacial score (nSPS) is 10.8. The van der Waals surface area contributed by atoms with Crippen LogP contribution in [0.25, 0.3) is 22.8 Å². The Kier molecular flexibility index (Phi) is 3.28. The molecule has 0 spiro atoms. The van der Waals surface area contributed by atoms with Gasteiger partial charge >= 0.3 is 0 Å². The maximum Gasteiger partial charge on any atom is 0.258 e. The molecular formula is C16H13ClN2O. The predicted octanol–water partition coefficient (Wildman–Crippen LogP) is 4.67. The van der Waals surface area contributed by atoms with Crippen molar-refractivity contribution in [2.24, 2.45) is 0 Å². The van der Waals surface area contributed by atoms with E-state index < -0.39 is 0 Å². The summed E-state index contributed by atoms with van der Waals surface area (Å²) in [5.41, 5.74) is 3.98. The zero-order valence-corrected chi connectivity index (χ0v) is 12.0. The molecule has 0 aliphatic carbocycles. The molecule has 0 fully saturated rings. The SMILES string of the molecule is Cc1ccc(-c2noc(-c3ccc(C)c(Cl)c3)n2)cc1. The van der Waals surface area contributed by atoms with Gasteiger partial charge in [-0.1, -0.05) is 52.7 Å². The molecule has 0 unspecified atom stereocenters. The number of hydrogen-bond acceptors (Lipinski definition) is 3. The van der Waals surface area contributed by atoms with Crippen molar-refractivity contribution in [1.82, 2.24) is 10.1 Å². The van der Waals surface area contributed by atoms with Gasteiger partial charge in [0.2, 0.25) is 5.82 Å². The van der Waals surface area contributed by atoms with E-state index in [9.17, 15) is 0 Å². The Labute approximate surface area is 122 Å². The molecule has 0 bridgehead atoms. The molecule has 3 rings (SSSR count). The van der Waals surface area contributed by atoms with Crippen molar-refractivity contribution in [3.8, 4) is 22.8 Å². The molecule has 0 atom stereocenters. The lowest BCUT2D eigenvalue weighted by atomic mass is 10.1. The van der Waals surface area contributed by atoms with Crippen molar-refractivity contribution in [3.63, 3.8) is 0 Å². The summed E-state index contributed by atoms with van der Waals surface area (Å²) in [5, 5.41) is 4.71. The molecule has 0 N–H and O–H groups in total. The average molecular weight is 285 g/mol. The van der Waals surface area contributed by atoms with E-state index in [-0.39, 0.29) is 0 Å². The number of halogens is 1. The molecule has 1 heterocycles. The molecular weight excluding hydrogens is 272 g/mol. The Morgan fingerprint density at radius 3 is 2.35 bits per heavy atom. The number of rotatable bonds is 2. The highest BCUT2D eigenvalue weighted by molar-refractivity contribution is 6.31. The minimum Gasteiger partial charge on any atom is -0.334 e. The van der Waals surface area contributed by atoms with Gasteiger partial charge in [0.1, 0.15) is 0 Å². The quantitative estimate of drug-likeness (QED) is 0.686. The first-order chi connectivity index (χ1) is 9.63. The van der Waals surface area contributed by atoms with Crippen molar-refractivity contribution < 1.29 is 4.52 Å². The zero-order chi connectivity index (χ0) is 14.1. The van der Waals surface area contributed by atoms with E-state index in [1.54, 1.807) is 0 Å². The fourth-order valence-corrected chi connectivity index (χ4v) is 2.07. The Morgan fingerprint density at radius 1 is 0.950 bits per heavy atom. The summed E-state index contributed by atoms with van der Waals surface area (Å²) in [5.74, 6) is 1.05.